The summed E-state index contributed by atoms with van der Waals surface area (Å²) in [5.41, 5.74) is 13.6. The fourth-order valence-corrected chi connectivity index (χ4v) is 1.77. The zero-order valence-corrected chi connectivity index (χ0v) is 10.3. The summed E-state index contributed by atoms with van der Waals surface area (Å²) < 4.78 is 6.61. The maximum Gasteiger partial charge on any atom is 0.419 e. The van der Waals surface area contributed by atoms with E-state index in [4.69, 9.17) is 15.9 Å². The highest BCUT2D eigenvalue weighted by Gasteiger charge is 2.06. The van der Waals surface area contributed by atoms with Crippen molar-refractivity contribution in [1.82, 2.24) is 9.88 Å². The third-order valence-corrected chi connectivity index (χ3v) is 2.90. The minimum atomic E-state index is -0.347. The van der Waals surface area contributed by atoms with E-state index in [0.717, 1.165) is 11.1 Å². The Balaban J connectivity index is 2.08. The van der Waals surface area contributed by atoms with E-state index in [-0.39, 0.29) is 11.8 Å². The van der Waals surface area contributed by atoms with Gasteiger partial charge in [0.1, 0.15) is 0 Å². The highest BCUT2D eigenvalue weighted by molar-refractivity contribution is 5.73. The molecule has 1 heterocycles. The summed E-state index contributed by atoms with van der Waals surface area (Å²) in [4.78, 5) is 11.3. The molecule has 1 aromatic heterocycles. The molecule has 0 saturated carbocycles. The molecule has 98 valence electrons. The van der Waals surface area contributed by atoms with Gasteiger partial charge in [0.25, 0.3) is 0 Å². The first-order chi connectivity index (χ1) is 8.61. The molecule has 0 amide bonds. The van der Waals surface area contributed by atoms with Crippen molar-refractivity contribution in [2.75, 3.05) is 13.1 Å². The van der Waals surface area contributed by atoms with Gasteiger partial charge in [0.05, 0.1) is 5.52 Å². The van der Waals surface area contributed by atoms with Crippen LogP contribution in [0.2, 0.25) is 0 Å². The van der Waals surface area contributed by atoms with Gasteiger partial charge >= 0.3 is 5.76 Å². The van der Waals surface area contributed by atoms with Crippen LogP contribution in [-0.4, -0.2) is 23.7 Å². The number of rotatable bonds is 5. The second kappa shape index (κ2) is 5.34. The van der Waals surface area contributed by atoms with Gasteiger partial charge in [-0.05, 0) is 17.7 Å². The molecule has 1 atom stereocenters. The maximum absolute atomic E-state index is 11.3. The van der Waals surface area contributed by atoms with Crippen LogP contribution >= 0.6 is 0 Å². The van der Waals surface area contributed by atoms with Crippen LogP contribution < -0.4 is 22.5 Å². The fourth-order valence-electron chi connectivity index (χ4n) is 1.77. The summed E-state index contributed by atoms with van der Waals surface area (Å²) in [6.07, 6.45) is 0. The molecule has 0 aliphatic rings. The van der Waals surface area contributed by atoms with E-state index in [9.17, 15) is 4.79 Å². The Kier molecular flexibility index (Phi) is 3.81. The second-order valence-electron chi connectivity index (χ2n) is 4.36. The van der Waals surface area contributed by atoms with Crippen LogP contribution in [0, 0.1) is 0 Å². The molecule has 0 saturated heterocycles. The number of nitrogens with zero attached hydrogens (tertiary/aromatic N) is 1. The van der Waals surface area contributed by atoms with Gasteiger partial charge < -0.3 is 21.2 Å². The van der Waals surface area contributed by atoms with E-state index < -0.39 is 0 Å². The summed E-state index contributed by atoms with van der Waals surface area (Å²) in [5, 5.41) is 3.21. The Morgan fingerprint density at radius 1 is 1.50 bits per heavy atom. The van der Waals surface area contributed by atoms with E-state index >= 15 is 0 Å². The molecule has 6 heteroatoms. The van der Waals surface area contributed by atoms with E-state index in [1.807, 2.05) is 18.2 Å². The van der Waals surface area contributed by atoms with Gasteiger partial charge in [-0.25, -0.2) is 4.79 Å². The molecule has 18 heavy (non-hydrogen) atoms. The van der Waals surface area contributed by atoms with Crippen molar-refractivity contribution < 1.29 is 4.42 Å². The molecule has 0 radical (unpaired) electrons. The summed E-state index contributed by atoms with van der Waals surface area (Å²) in [6.45, 7) is 1.79. The normalized spacial score (nSPS) is 13.1. The first kappa shape index (κ1) is 12.8. The third-order valence-electron chi connectivity index (χ3n) is 2.90. The number of oxazole rings is 1. The molecule has 0 aliphatic carbocycles. The molecule has 5 N–H and O–H groups in total. The number of fused-ring (bicyclic) bond motifs is 1. The lowest BCUT2D eigenvalue weighted by Crippen LogP contribution is -2.39. The fraction of sp³-hybridized carbons (Fsp3) is 0.417. The molecule has 0 fully saturated rings. The molecule has 2 rings (SSSR count). The first-order valence-electron chi connectivity index (χ1n) is 5.86. The molecule has 1 unspecified atom stereocenters. The van der Waals surface area contributed by atoms with Crippen molar-refractivity contribution >= 4 is 11.1 Å². The lowest BCUT2D eigenvalue weighted by molar-refractivity contribution is 0.527. The van der Waals surface area contributed by atoms with Crippen LogP contribution in [0.25, 0.3) is 11.1 Å². The van der Waals surface area contributed by atoms with Crippen LogP contribution in [0.4, 0.5) is 0 Å². The summed E-state index contributed by atoms with van der Waals surface area (Å²) in [5.74, 6) is -0.347. The van der Waals surface area contributed by atoms with Crippen LogP contribution in [0.3, 0.4) is 0 Å². The Morgan fingerprint density at radius 3 is 3.00 bits per heavy atom. The molecule has 1 aromatic carbocycles. The highest BCUT2D eigenvalue weighted by atomic mass is 16.4. The number of hydrogen-bond donors (Lipinski definition) is 3. The van der Waals surface area contributed by atoms with Crippen molar-refractivity contribution in [2.24, 2.45) is 18.5 Å². The van der Waals surface area contributed by atoms with Gasteiger partial charge in [0.2, 0.25) is 0 Å². The predicted molar refractivity (Wildman–Crippen MR) is 70.2 cm³/mol. The van der Waals surface area contributed by atoms with Gasteiger partial charge in [-0.15, -0.1) is 0 Å². The predicted octanol–water partition coefficient (Wildman–Crippen LogP) is -0.493. The van der Waals surface area contributed by atoms with Crippen molar-refractivity contribution in [3.63, 3.8) is 0 Å². The van der Waals surface area contributed by atoms with E-state index in [1.165, 1.54) is 4.57 Å². The first-order valence-corrected chi connectivity index (χ1v) is 5.86. The molecular formula is C12H18N4O2. The van der Waals surface area contributed by atoms with Gasteiger partial charge in [0.15, 0.2) is 5.58 Å². The molecular weight excluding hydrogens is 232 g/mol. The lowest BCUT2D eigenvalue weighted by atomic mass is 10.2. The standard InChI is InChI=1S/C12H18N4O2/c1-16-10-3-2-8(4-11(10)18-12(16)17)6-15-7-9(14)5-13/h2-4,9,15H,5-7,13-14H2,1H3. The summed E-state index contributed by atoms with van der Waals surface area (Å²) in [7, 11) is 1.69. The SMILES string of the molecule is Cn1c(=O)oc2cc(CNCC(N)CN)ccc21. The maximum atomic E-state index is 11.3. The van der Waals surface area contributed by atoms with Crippen molar-refractivity contribution in [3.8, 4) is 0 Å². The number of aromatic nitrogens is 1. The smallest absolute Gasteiger partial charge is 0.408 e. The number of aryl methyl sites for hydroxylation is 1. The lowest BCUT2D eigenvalue weighted by Gasteiger charge is -2.09. The molecule has 0 spiro atoms. The highest BCUT2D eigenvalue weighted by Crippen LogP contribution is 2.13. The van der Waals surface area contributed by atoms with E-state index in [1.54, 1.807) is 7.05 Å². The van der Waals surface area contributed by atoms with Crippen LogP contribution in [-0.2, 0) is 13.6 Å². The topological polar surface area (TPSA) is 99.2 Å². The van der Waals surface area contributed by atoms with Gasteiger partial charge in [0, 0.05) is 32.7 Å². The third kappa shape index (κ3) is 2.61. The number of benzene rings is 1. The molecule has 2 aromatic rings. The van der Waals surface area contributed by atoms with Crippen LogP contribution in [0.5, 0.6) is 0 Å². The monoisotopic (exact) mass is 250 g/mol. The largest absolute Gasteiger partial charge is 0.419 e. The minimum absolute atomic E-state index is 0.0385. The quantitative estimate of drug-likeness (QED) is 0.665. The molecule has 0 aliphatic heterocycles. The van der Waals surface area contributed by atoms with Crippen LogP contribution in [0.1, 0.15) is 5.56 Å². The number of hydrogen-bond acceptors (Lipinski definition) is 5. The second-order valence-corrected chi connectivity index (χ2v) is 4.36. The number of nitrogens with two attached hydrogens (primary N) is 2. The van der Waals surface area contributed by atoms with E-state index in [0.29, 0.717) is 25.2 Å². The Labute approximate surface area is 105 Å². The van der Waals surface area contributed by atoms with E-state index in [2.05, 4.69) is 5.32 Å². The van der Waals surface area contributed by atoms with Crippen molar-refractivity contribution in [3.05, 3.63) is 34.3 Å². The summed E-state index contributed by atoms with van der Waals surface area (Å²) in [6, 6.07) is 5.65. The molecule has 0 bridgehead atoms. The average Bonchev–Trinajstić information content (AvgIpc) is 2.64. The van der Waals surface area contributed by atoms with Crippen molar-refractivity contribution in [1.29, 1.82) is 0 Å². The minimum Gasteiger partial charge on any atom is -0.408 e. The Hall–Kier alpha value is -1.63. The van der Waals surface area contributed by atoms with Crippen LogP contribution in [0.15, 0.2) is 27.4 Å². The Bertz CT molecular complexity index is 587. The molecule has 6 nitrogen and oxygen atoms in total. The van der Waals surface area contributed by atoms with Gasteiger partial charge in [-0.1, -0.05) is 6.07 Å². The number of nitrogens with one attached hydrogen (secondary N) is 1. The van der Waals surface area contributed by atoms with Gasteiger partial charge in [-0.3, -0.25) is 4.57 Å². The van der Waals surface area contributed by atoms with Crippen molar-refractivity contribution in [2.45, 2.75) is 12.6 Å². The van der Waals surface area contributed by atoms with Gasteiger partial charge in [-0.2, -0.15) is 0 Å². The average molecular weight is 250 g/mol. The Morgan fingerprint density at radius 2 is 2.28 bits per heavy atom. The zero-order valence-electron chi connectivity index (χ0n) is 10.3. The summed E-state index contributed by atoms with van der Waals surface area (Å²) >= 11 is 0. The zero-order chi connectivity index (χ0) is 13.1.